The predicted octanol–water partition coefficient (Wildman–Crippen LogP) is 8.84. The van der Waals surface area contributed by atoms with Crippen molar-refractivity contribution in [3.8, 4) is 22.3 Å². The Kier molecular flexibility index (Phi) is 4.00. The fourth-order valence-corrected chi connectivity index (χ4v) is 4.55. The first-order valence-corrected chi connectivity index (χ1v) is 10.8. The summed E-state index contributed by atoms with van der Waals surface area (Å²) in [5.41, 5.74) is 6.60. The summed E-state index contributed by atoms with van der Waals surface area (Å²) in [6, 6.07) is 36.3. The van der Waals surface area contributed by atoms with E-state index in [1.807, 2.05) is 12.1 Å². The zero-order valence-electron chi connectivity index (χ0n) is 16.1. The molecule has 0 aliphatic heterocycles. The molecule has 0 N–H and O–H groups in total. The highest BCUT2D eigenvalue weighted by Gasteiger charge is 2.16. The van der Waals surface area contributed by atoms with E-state index in [4.69, 9.17) is 4.42 Å². The third-order valence-corrected chi connectivity index (χ3v) is 6.27. The summed E-state index contributed by atoms with van der Waals surface area (Å²) in [7, 11) is 0. The number of hydrogen-bond acceptors (Lipinski definition) is 1. The van der Waals surface area contributed by atoms with Gasteiger partial charge < -0.3 is 4.42 Å². The van der Waals surface area contributed by atoms with E-state index in [9.17, 15) is 0 Å². The fourth-order valence-electron chi connectivity index (χ4n) is 4.28. The van der Waals surface area contributed by atoms with Gasteiger partial charge in [0.2, 0.25) is 0 Å². The number of halogens is 1. The van der Waals surface area contributed by atoms with Crippen molar-refractivity contribution in [3.05, 3.63) is 108 Å². The average Bonchev–Trinajstić information content (AvgIpc) is 3.16. The molecule has 0 bridgehead atoms. The van der Waals surface area contributed by atoms with E-state index in [-0.39, 0.29) is 0 Å². The van der Waals surface area contributed by atoms with Gasteiger partial charge in [0.1, 0.15) is 11.2 Å². The zero-order chi connectivity index (χ0) is 20.1. The van der Waals surface area contributed by atoms with Crippen LogP contribution in [0, 0.1) is 0 Å². The van der Waals surface area contributed by atoms with E-state index in [1.165, 1.54) is 21.9 Å². The second kappa shape index (κ2) is 6.86. The topological polar surface area (TPSA) is 13.1 Å². The van der Waals surface area contributed by atoms with E-state index in [1.54, 1.807) is 0 Å². The largest absolute Gasteiger partial charge is 0.455 e. The number of para-hydroxylation sites is 1. The first-order valence-electron chi connectivity index (χ1n) is 9.97. The summed E-state index contributed by atoms with van der Waals surface area (Å²) >= 11 is 3.51. The third-order valence-electron chi connectivity index (χ3n) is 5.74. The maximum absolute atomic E-state index is 6.37. The maximum Gasteiger partial charge on any atom is 0.143 e. The highest BCUT2D eigenvalue weighted by Crippen LogP contribution is 2.41. The molecule has 0 saturated carbocycles. The van der Waals surface area contributed by atoms with Crippen LogP contribution in [-0.4, -0.2) is 0 Å². The van der Waals surface area contributed by atoms with Gasteiger partial charge in [-0.05, 0) is 51.7 Å². The van der Waals surface area contributed by atoms with E-state index in [0.717, 1.165) is 37.5 Å². The van der Waals surface area contributed by atoms with Crippen LogP contribution in [0.1, 0.15) is 0 Å². The van der Waals surface area contributed by atoms with Crippen molar-refractivity contribution >= 4 is 48.6 Å². The molecule has 0 fully saturated rings. The lowest BCUT2D eigenvalue weighted by Gasteiger charge is -2.10. The molecule has 1 aromatic heterocycles. The highest BCUT2D eigenvalue weighted by molar-refractivity contribution is 9.10. The second-order valence-corrected chi connectivity index (χ2v) is 8.45. The van der Waals surface area contributed by atoms with E-state index in [2.05, 4.69) is 107 Å². The van der Waals surface area contributed by atoms with Crippen LogP contribution in [0.25, 0.3) is 55.0 Å². The Morgan fingerprint density at radius 1 is 0.533 bits per heavy atom. The number of furan rings is 1. The molecule has 0 spiro atoms. The minimum Gasteiger partial charge on any atom is -0.455 e. The summed E-state index contributed by atoms with van der Waals surface area (Å²) in [5.74, 6) is 0. The molecule has 0 atom stereocenters. The van der Waals surface area contributed by atoms with Crippen LogP contribution >= 0.6 is 15.9 Å². The molecule has 6 aromatic rings. The Morgan fingerprint density at radius 2 is 1.13 bits per heavy atom. The number of hydrogen-bond donors (Lipinski definition) is 0. The van der Waals surface area contributed by atoms with Crippen LogP contribution < -0.4 is 0 Å². The molecule has 0 unspecified atom stereocenters. The third kappa shape index (κ3) is 2.76. The molecular weight excluding hydrogens is 432 g/mol. The molecule has 142 valence electrons. The molecule has 0 amide bonds. The molecule has 0 saturated heterocycles. The number of rotatable bonds is 2. The molecule has 2 heteroatoms. The molecule has 5 aromatic carbocycles. The minimum absolute atomic E-state index is 0.926. The minimum atomic E-state index is 0.926. The fraction of sp³-hybridized carbons (Fsp3) is 0. The van der Waals surface area contributed by atoms with Gasteiger partial charge in [0, 0.05) is 20.8 Å². The van der Waals surface area contributed by atoms with Crippen molar-refractivity contribution in [3.63, 3.8) is 0 Å². The Bertz CT molecular complexity index is 1520. The van der Waals surface area contributed by atoms with Crippen LogP contribution in [-0.2, 0) is 0 Å². The quantitative estimate of drug-likeness (QED) is 0.257. The molecule has 30 heavy (non-hydrogen) atoms. The summed E-state index contributed by atoms with van der Waals surface area (Å²) in [6.07, 6.45) is 0. The maximum atomic E-state index is 6.37. The van der Waals surface area contributed by atoms with Crippen molar-refractivity contribution in [2.75, 3.05) is 0 Å². The summed E-state index contributed by atoms with van der Waals surface area (Å²) < 4.78 is 7.46. The standard InChI is InChI=1S/C28H17BrO/c29-22-15-13-19(14-16-22)18-9-11-20(12-10-18)27-23-6-2-1-5-21(23)17-25-24-7-3-4-8-26(24)30-28(25)27/h1-17H. The van der Waals surface area contributed by atoms with E-state index in [0.29, 0.717) is 0 Å². The van der Waals surface area contributed by atoms with Gasteiger partial charge in [0.25, 0.3) is 0 Å². The molecule has 0 aliphatic carbocycles. The van der Waals surface area contributed by atoms with Gasteiger partial charge in [0.05, 0.1) is 0 Å². The van der Waals surface area contributed by atoms with Gasteiger partial charge in [-0.25, -0.2) is 0 Å². The van der Waals surface area contributed by atoms with Crippen molar-refractivity contribution in [2.24, 2.45) is 0 Å². The van der Waals surface area contributed by atoms with Crippen LogP contribution in [0.2, 0.25) is 0 Å². The van der Waals surface area contributed by atoms with Gasteiger partial charge in [-0.3, -0.25) is 0 Å². The molecular formula is C28H17BrO. The van der Waals surface area contributed by atoms with Crippen molar-refractivity contribution in [1.29, 1.82) is 0 Å². The van der Waals surface area contributed by atoms with Crippen LogP contribution in [0.5, 0.6) is 0 Å². The molecule has 1 heterocycles. The lowest BCUT2D eigenvalue weighted by Crippen LogP contribution is -1.84. The Balaban J connectivity index is 1.61. The Morgan fingerprint density at radius 3 is 1.90 bits per heavy atom. The smallest absolute Gasteiger partial charge is 0.143 e. The van der Waals surface area contributed by atoms with E-state index >= 15 is 0 Å². The highest BCUT2D eigenvalue weighted by atomic mass is 79.9. The van der Waals surface area contributed by atoms with E-state index < -0.39 is 0 Å². The second-order valence-electron chi connectivity index (χ2n) is 7.53. The SMILES string of the molecule is Brc1ccc(-c2ccc(-c3c4ccccc4cc4c3oc3ccccc34)cc2)cc1. The van der Waals surface area contributed by atoms with Crippen LogP contribution in [0.4, 0.5) is 0 Å². The summed E-state index contributed by atoms with van der Waals surface area (Å²) in [6.45, 7) is 0. The normalized spacial score (nSPS) is 11.5. The molecule has 1 nitrogen and oxygen atoms in total. The van der Waals surface area contributed by atoms with Crippen molar-refractivity contribution in [2.45, 2.75) is 0 Å². The van der Waals surface area contributed by atoms with Crippen molar-refractivity contribution < 1.29 is 4.42 Å². The van der Waals surface area contributed by atoms with Gasteiger partial charge in [-0.15, -0.1) is 0 Å². The average molecular weight is 449 g/mol. The number of benzene rings is 5. The first-order chi connectivity index (χ1) is 14.8. The summed E-state index contributed by atoms with van der Waals surface area (Å²) in [4.78, 5) is 0. The zero-order valence-corrected chi connectivity index (χ0v) is 17.7. The molecule has 0 aliphatic rings. The summed E-state index contributed by atoms with van der Waals surface area (Å²) in [5, 5.41) is 4.76. The Hall–Kier alpha value is -3.36. The lowest BCUT2D eigenvalue weighted by molar-refractivity contribution is 0.670. The lowest BCUT2D eigenvalue weighted by atomic mass is 9.94. The molecule has 6 rings (SSSR count). The number of fused-ring (bicyclic) bond motifs is 4. The van der Waals surface area contributed by atoms with Crippen LogP contribution in [0.15, 0.2) is 112 Å². The van der Waals surface area contributed by atoms with Gasteiger partial charge in [-0.2, -0.15) is 0 Å². The van der Waals surface area contributed by atoms with Gasteiger partial charge >= 0.3 is 0 Å². The van der Waals surface area contributed by atoms with Crippen molar-refractivity contribution in [1.82, 2.24) is 0 Å². The monoisotopic (exact) mass is 448 g/mol. The van der Waals surface area contributed by atoms with Gasteiger partial charge in [0.15, 0.2) is 0 Å². The molecule has 0 radical (unpaired) electrons. The predicted molar refractivity (Wildman–Crippen MR) is 130 cm³/mol. The van der Waals surface area contributed by atoms with Crippen LogP contribution in [0.3, 0.4) is 0 Å². The first kappa shape index (κ1) is 17.5. The van der Waals surface area contributed by atoms with Gasteiger partial charge in [-0.1, -0.05) is 94.8 Å². The Labute approximate surface area is 182 Å².